The van der Waals surface area contributed by atoms with Crippen molar-refractivity contribution in [1.29, 1.82) is 0 Å². The van der Waals surface area contributed by atoms with Crippen molar-refractivity contribution in [3.05, 3.63) is 96.3 Å². The van der Waals surface area contributed by atoms with Crippen LogP contribution in [0.5, 0.6) is 0 Å². The van der Waals surface area contributed by atoms with Gasteiger partial charge in [0.15, 0.2) is 0 Å². The molecule has 37 heavy (non-hydrogen) atoms. The number of ether oxygens (including phenoxy) is 2. The Labute approximate surface area is 222 Å². The van der Waals surface area contributed by atoms with Gasteiger partial charge in [0.05, 0.1) is 18.8 Å². The van der Waals surface area contributed by atoms with Crippen molar-refractivity contribution in [3.8, 4) is 0 Å². The van der Waals surface area contributed by atoms with E-state index in [2.05, 4.69) is 82.3 Å². The smallest absolute Gasteiger partial charge is 0.337 e. The van der Waals surface area contributed by atoms with E-state index >= 15 is 0 Å². The minimum absolute atomic E-state index is 0.0711. The first-order valence-electron chi connectivity index (χ1n) is 12.8. The van der Waals surface area contributed by atoms with Crippen molar-refractivity contribution >= 4 is 24.7 Å². The van der Waals surface area contributed by atoms with Crippen LogP contribution in [0.15, 0.2) is 96.3 Å². The predicted octanol–water partition coefficient (Wildman–Crippen LogP) is 5.40. The van der Waals surface area contributed by atoms with Crippen LogP contribution in [0.4, 0.5) is 0 Å². The number of hydrogen-bond donors (Lipinski definition) is 1. The minimum atomic E-state index is -2.57. The topological polar surface area (TPSA) is 65.0 Å². The summed E-state index contributed by atoms with van der Waals surface area (Å²) >= 11 is 0. The second-order valence-corrected chi connectivity index (χ2v) is 15.3. The SMILES string of the molecule is C/C(=C/CO[Si](c1ccccc1)(c1ccccc1)C(C)(C)C)C/C=C/[C@@H](O)CC1=CC(=O)OC(C)(C)O1. The maximum Gasteiger partial charge on any atom is 0.337 e. The summed E-state index contributed by atoms with van der Waals surface area (Å²) < 4.78 is 17.6. The molecule has 198 valence electrons. The number of cyclic esters (lactones) is 1. The van der Waals surface area contributed by atoms with E-state index in [1.165, 1.54) is 16.4 Å². The Morgan fingerprint density at radius 1 is 1.03 bits per heavy atom. The Morgan fingerprint density at radius 3 is 2.11 bits per heavy atom. The molecule has 1 heterocycles. The molecule has 1 atom stereocenters. The van der Waals surface area contributed by atoms with Crippen LogP contribution in [-0.2, 0) is 18.7 Å². The first-order chi connectivity index (χ1) is 17.4. The van der Waals surface area contributed by atoms with Gasteiger partial charge in [-0.1, -0.05) is 105 Å². The Balaban J connectivity index is 1.68. The first-order valence-corrected chi connectivity index (χ1v) is 14.7. The molecule has 1 aliphatic heterocycles. The fourth-order valence-electron chi connectivity index (χ4n) is 4.71. The third kappa shape index (κ3) is 7.54. The second kappa shape index (κ2) is 12.1. The molecule has 0 saturated heterocycles. The summed E-state index contributed by atoms with van der Waals surface area (Å²) in [7, 11) is -2.57. The normalized spacial score (nSPS) is 17.2. The Morgan fingerprint density at radius 2 is 1.59 bits per heavy atom. The first kappa shape index (κ1) is 28.6. The maximum atomic E-state index is 11.7. The molecule has 0 aliphatic carbocycles. The molecule has 0 bridgehead atoms. The summed E-state index contributed by atoms with van der Waals surface area (Å²) in [5.74, 6) is -1.05. The highest BCUT2D eigenvalue weighted by molar-refractivity contribution is 6.99. The van der Waals surface area contributed by atoms with Gasteiger partial charge in [-0.15, -0.1) is 0 Å². The van der Waals surface area contributed by atoms with E-state index in [-0.39, 0.29) is 11.5 Å². The Hall–Kier alpha value is -2.93. The van der Waals surface area contributed by atoms with Crippen LogP contribution in [-0.4, -0.2) is 37.9 Å². The summed E-state index contributed by atoms with van der Waals surface area (Å²) in [6, 6.07) is 21.2. The summed E-state index contributed by atoms with van der Waals surface area (Å²) in [5.41, 5.74) is 1.15. The van der Waals surface area contributed by atoms with Gasteiger partial charge in [0.1, 0.15) is 5.76 Å². The average Bonchev–Trinajstić information content (AvgIpc) is 2.81. The van der Waals surface area contributed by atoms with Gasteiger partial charge in [-0.2, -0.15) is 0 Å². The van der Waals surface area contributed by atoms with E-state index < -0.39 is 26.2 Å². The van der Waals surface area contributed by atoms with Gasteiger partial charge in [0.25, 0.3) is 8.32 Å². The Kier molecular flexibility index (Phi) is 9.34. The number of rotatable bonds is 10. The molecule has 3 rings (SSSR count). The average molecular weight is 521 g/mol. The highest BCUT2D eigenvalue weighted by Crippen LogP contribution is 2.36. The van der Waals surface area contributed by atoms with E-state index in [1.54, 1.807) is 19.9 Å². The van der Waals surface area contributed by atoms with Crippen molar-refractivity contribution < 1.29 is 23.8 Å². The lowest BCUT2D eigenvalue weighted by Gasteiger charge is -2.42. The Bertz CT molecular complexity index is 1090. The van der Waals surface area contributed by atoms with Crippen molar-refractivity contribution in [2.75, 3.05) is 6.61 Å². The molecular weight excluding hydrogens is 480 g/mol. The van der Waals surface area contributed by atoms with Gasteiger partial charge in [0.2, 0.25) is 5.79 Å². The van der Waals surface area contributed by atoms with E-state index in [0.29, 0.717) is 18.8 Å². The molecule has 1 N–H and O–H groups in total. The van der Waals surface area contributed by atoms with Crippen LogP contribution >= 0.6 is 0 Å². The van der Waals surface area contributed by atoms with E-state index in [1.807, 2.05) is 18.2 Å². The van der Waals surface area contributed by atoms with Crippen molar-refractivity contribution in [3.63, 3.8) is 0 Å². The summed E-state index contributed by atoms with van der Waals surface area (Å²) in [5, 5.41) is 12.8. The van der Waals surface area contributed by atoms with Crippen LogP contribution in [0.3, 0.4) is 0 Å². The van der Waals surface area contributed by atoms with E-state index in [4.69, 9.17) is 13.9 Å². The zero-order valence-electron chi connectivity index (χ0n) is 22.9. The van der Waals surface area contributed by atoms with Gasteiger partial charge >= 0.3 is 5.97 Å². The molecule has 1 aliphatic rings. The molecule has 2 aromatic carbocycles. The molecule has 2 aromatic rings. The molecule has 0 fully saturated rings. The second-order valence-electron chi connectivity index (χ2n) is 11.0. The third-order valence-corrected chi connectivity index (χ3v) is 11.4. The molecule has 0 unspecified atom stereocenters. The minimum Gasteiger partial charge on any atom is -0.457 e. The van der Waals surface area contributed by atoms with Crippen molar-refractivity contribution in [1.82, 2.24) is 0 Å². The molecular formula is C31H40O5Si. The van der Waals surface area contributed by atoms with E-state index in [0.717, 1.165) is 5.57 Å². The van der Waals surface area contributed by atoms with Crippen molar-refractivity contribution in [2.45, 2.75) is 71.3 Å². The quantitative estimate of drug-likeness (QED) is 0.258. The van der Waals surface area contributed by atoms with Crippen LogP contribution in [0.2, 0.25) is 5.04 Å². The van der Waals surface area contributed by atoms with E-state index in [9.17, 15) is 9.90 Å². The summed E-state index contributed by atoms with van der Waals surface area (Å²) in [6.07, 6.45) is 7.23. The lowest BCUT2D eigenvalue weighted by atomic mass is 10.1. The molecule has 0 radical (unpaired) electrons. The van der Waals surface area contributed by atoms with Crippen LogP contribution in [0, 0.1) is 0 Å². The fraction of sp³-hybridized carbons (Fsp3) is 0.387. The third-order valence-electron chi connectivity index (χ3n) is 6.36. The molecule has 0 amide bonds. The fourth-order valence-corrected chi connectivity index (χ4v) is 9.20. The number of esters is 1. The number of aliphatic hydroxyl groups excluding tert-OH is 1. The zero-order valence-corrected chi connectivity index (χ0v) is 23.9. The molecule has 0 spiro atoms. The molecule has 6 heteroatoms. The summed E-state index contributed by atoms with van der Waals surface area (Å²) in [6.45, 7) is 12.7. The molecule has 0 aromatic heterocycles. The standard InChI is InChI=1S/C31H40O5Si/c1-24(14-13-15-25(32)22-26-23-29(33)36-31(5,6)35-26)20-21-34-37(30(2,3)4,27-16-9-7-10-17-27)28-18-11-8-12-19-28/h7-13,15-20,23,25,32H,14,21-22H2,1-6H3/b15-13+,24-20-/t25-/m1/s1. The maximum absolute atomic E-state index is 11.7. The number of benzene rings is 2. The zero-order chi connectivity index (χ0) is 27.1. The number of carbonyl (C=O) groups is 1. The predicted molar refractivity (Wildman–Crippen MR) is 151 cm³/mol. The van der Waals surface area contributed by atoms with Crippen molar-refractivity contribution in [2.24, 2.45) is 0 Å². The lowest BCUT2D eigenvalue weighted by Crippen LogP contribution is -2.66. The van der Waals surface area contributed by atoms with Gasteiger partial charge in [-0.3, -0.25) is 0 Å². The summed E-state index contributed by atoms with van der Waals surface area (Å²) in [4.78, 5) is 11.7. The highest BCUT2D eigenvalue weighted by atomic mass is 28.4. The van der Waals surface area contributed by atoms with Gasteiger partial charge < -0.3 is 19.0 Å². The van der Waals surface area contributed by atoms with Gasteiger partial charge in [-0.25, -0.2) is 4.79 Å². The number of aliphatic hydroxyl groups is 1. The number of carbonyl (C=O) groups excluding carboxylic acids is 1. The number of hydrogen-bond acceptors (Lipinski definition) is 5. The van der Waals surface area contributed by atoms with Crippen LogP contribution < -0.4 is 10.4 Å². The monoisotopic (exact) mass is 520 g/mol. The highest BCUT2D eigenvalue weighted by Gasteiger charge is 2.49. The van der Waals surface area contributed by atoms with Gasteiger partial charge in [0, 0.05) is 20.3 Å². The van der Waals surface area contributed by atoms with Crippen LogP contribution in [0.25, 0.3) is 0 Å². The number of allylic oxidation sites excluding steroid dienone is 2. The largest absolute Gasteiger partial charge is 0.457 e. The van der Waals surface area contributed by atoms with Crippen LogP contribution in [0.1, 0.15) is 54.4 Å². The molecule has 0 saturated carbocycles. The lowest BCUT2D eigenvalue weighted by molar-refractivity contribution is -0.206. The molecule has 5 nitrogen and oxygen atoms in total. The van der Waals surface area contributed by atoms with Gasteiger partial charge in [-0.05, 0) is 28.8 Å².